The van der Waals surface area contributed by atoms with Gasteiger partial charge in [-0.05, 0) is 37.6 Å². The van der Waals surface area contributed by atoms with E-state index >= 15 is 0 Å². The van der Waals surface area contributed by atoms with Gasteiger partial charge in [-0.3, -0.25) is 0 Å². The fraction of sp³-hybridized carbons (Fsp3) is 0.786. The molecule has 0 spiro atoms. The second-order valence-electron chi connectivity index (χ2n) is 5.50. The average Bonchev–Trinajstić information content (AvgIpc) is 2.98. The Balaban J connectivity index is 2.04. The van der Waals surface area contributed by atoms with Crippen molar-refractivity contribution in [3.05, 3.63) is 15.6 Å². The Morgan fingerprint density at radius 3 is 2.76 bits per heavy atom. The first-order valence-electron chi connectivity index (χ1n) is 6.87. The Morgan fingerprint density at radius 1 is 1.41 bits per heavy atom. The van der Waals surface area contributed by atoms with Crippen molar-refractivity contribution < 1.29 is 0 Å². The van der Waals surface area contributed by atoms with Gasteiger partial charge in [0.2, 0.25) is 0 Å². The molecule has 1 fully saturated rings. The third-order valence-electron chi connectivity index (χ3n) is 3.12. The van der Waals surface area contributed by atoms with Crippen LogP contribution in [0.25, 0.3) is 0 Å². The van der Waals surface area contributed by atoms with Crippen molar-refractivity contribution in [2.75, 3.05) is 6.54 Å². The molecule has 2 rings (SSSR count). The zero-order chi connectivity index (χ0) is 12.3. The standard InChI is InChI=1S/C14H24N2S/c1-4-15-9-13-12(7-10(2)3)16-14(17-13)8-11-5-6-11/h10-11,15H,4-9H2,1-3H3. The van der Waals surface area contributed by atoms with E-state index in [1.165, 1.54) is 34.8 Å². The van der Waals surface area contributed by atoms with Crippen LogP contribution >= 0.6 is 11.3 Å². The molecule has 1 aromatic rings. The van der Waals surface area contributed by atoms with E-state index in [2.05, 4.69) is 26.1 Å². The summed E-state index contributed by atoms with van der Waals surface area (Å²) in [5, 5.41) is 4.80. The number of thiazole rings is 1. The summed E-state index contributed by atoms with van der Waals surface area (Å²) in [6.45, 7) is 8.75. The third kappa shape index (κ3) is 4.07. The maximum Gasteiger partial charge on any atom is 0.0934 e. The van der Waals surface area contributed by atoms with Crippen LogP contribution in [0.4, 0.5) is 0 Å². The quantitative estimate of drug-likeness (QED) is 0.804. The van der Waals surface area contributed by atoms with Crippen LogP contribution in [0.1, 0.15) is 49.2 Å². The molecule has 0 saturated heterocycles. The Morgan fingerprint density at radius 2 is 2.18 bits per heavy atom. The first kappa shape index (κ1) is 13.0. The number of nitrogens with one attached hydrogen (secondary N) is 1. The minimum atomic E-state index is 0.700. The van der Waals surface area contributed by atoms with Crippen molar-refractivity contribution in [3.8, 4) is 0 Å². The fourth-order valence-electron chi connectivity index (χ4n) is 2.02. The van der Waals surface area contributed by atoms with Crippen LogP contribution in [0, 0.1) is 11.8 Å². The lowest BCUT2D eigenvalue weighted by atomic mass is 10.1. The monoisotopic (exact) mass is 252 g/mol. The van der Waals surface area contributed by atoms with E-state index in [4.69, 9.17) is 4.98 Å². The van der Waals surface area contributed by atoms with E-state index in [1.807, 2.05) is 11.3 Å². The van der Waals surface area contributed by atoms with Crippen molar-refractivity contribution in [1.82, 2.24) is 10.3 Å². The molecule has 0 amide bonds. The van der Waals surface area contributed by atoms with Gasteiger partial charge in [0.25, 0.3) is 0 Å². The molecular weight excluding hydrogens is 228 g/mol. The first-order chi connectivity index (χ1) is 8.19. The highest BCUT2D eigenvalue weighted by molar-refractivity contribution is 7.11. The van der Waals surface area contributed by atoms with Gasteiger partial charge in [-0.1, -0.05) is 20.8 Å². The summed E-state index contributed by atoms with van der Waals surface area (Å²) in [7, 11) is 0. The SMILES string of the molecule is CCNCc1sc(CC2CC2)nc1CC(C)C. The zero-order valence-electron chi connectivity index (χ0n) is 11.3. The second-order valence-corrected chi connectivity index (χ2v) is 6.67. The number of hydrogen-bond acceptors (Lipinski definition) is 3. The van der Waals surface area contributed by atoms with Crippen LogP contribution in [0.15, 0.2) is 0 Å². The summed E-state index contributed by atoms with van der Waals surface area (Å²) in [6.07, 6.45) is 5.19. The molecule has 1 aromatic heterocycles. The Labute approximate surface area is 109 Å². The molecule has 1 N–H and O–H groups in total. The Bertz CT molecular complexity index is 353. The first-order valence-corrected chi connectivity index (χ1v) is 7.68. The van der Waals surface area contributed by atoms with E-state index in [0.717, 1.165) is 25.4 Å². The minimum Gasteiger partial charge on any atom is -0.312 e. The summed E-state index contributed by atoms with van der Waals surface area (Å²) in [6, 6.07) is 0. The maximum atomic E-state index is 4.86. The molecule has 3 heteroatoms. The van der Waals surface area contributed by atoms with E-state index in [0.29, 0.717) is 5.92 Å². The number of rotatable bonds is 7. The van der Waals surface area contributed by atoms with Gasteiger partial charge in [-0.15, -0.1) is 11.3 Å². The largest absolute Gasteiger partial charge is 0.312 e. The van der Waals surface area contributed by atoms with Gasteiger partial charge in [0.15, 0.2) is 0 Å². The van der Waals surface area contributed by atoms with Gasteiger partial charge in [0, 0.05) is 17.8 Å². The summed E-state index contributed by atoms with van der Waals surface area (Å²) < 4.78 is 0. The fourth-order valence-corrected chi connectivity index (χ4v) is 3.20. The van der Waals surface area contributed by atoms with Gasteiger partial charge >= 0.3 is 0 Å². The van der Waals surface area contributed by atoms with Gasteiger partial charge < -0.3 is 5.32 Å². The van der Waals surface area contributed by atoms with Crippen LogP contribution < -0.4 is 5.32 Å². The molecule has 1 aliphatic carbocycles. The van der Waals surface area contributed by atoms with Crippen LogP contribution in [0.2, 0.25) is 0 Å². The molecule has 0 unspecified atom stereocenters. The number of hydrogen-bond donors (Lipinski definition) is 1. The summed E-state index contributed by atoms with van der Waals surface area (Å²) in [4.78, 5) is 6.33. The summed E-state index contributed by atoms with van der Waals surface area (Å²) in [5.41, 5.74) is 1.35. The lowest BCUT2D eigenvalue weighted by Gasteiger charge is -2.04. The molecule has 0 atom stereocenters. The van der Waals surface area contributed by atoms with Crippen molar-refractivity contribution >= 4 is 11.3 Å². The Kier molecular flexibility index (Phi) is 4.57. The minimum absolute atomic E-state index is 0.700. The summed E-state index contributed by atoms with van der Waals surface area (Å²) in [5.74, 6) is 1.64. The normalized spacial score (nSPS) is 15.8. The van der Waals surface area contributed by atoms with Crippen molar-refractivity contribution in [3.63, 3.8) is 0 Å². The highest BCUT2D eigenvalue weighted by Crippen LogP contribution is 2.34. The van der Waals surface area contributed by atoms with E-state index in [-0.39, 0.29) is 0 Å². The topological polar surface area (TPSA) is 24.9 Å². The van der Waals surface area contributed by atoms with Gasteiger partial charge in [-0.2, -0.15) is 0 Å². The second kappa shape index (κ2) is 5.96. The van der Waals surface area contributed by atoms with Crippen LogP contribution in [-0.2, 0) is 19.4 Å². The molecule has 1 heterocycles. The third-order valence-corrected chi connectivity index (χ3v) is 4.24. The molecule has 1 aliphatic rings. The van der Waals surface area contributed by atoms with Crippen LogP contribution in [0.5, 0.6) is 0 Å². The van der Waals surface area contributed by atoms with Gasteiger partial charge in [0.1, 0.15) is 0 Å². The predicted molar refractivity (Wildman–Crippen MR) is 74.5 cm³/mol. The van der Waals surface area contributed by atoms with E-state index in [1.54, 1.807) is 0 Å². The molecule has 0 bridgehead atoms. The molecular formula is C14H24N2S. The molecule has 17 heavy (non-hydrogen) atoms. The van der Waals surface area contributed by atoms with Crippen molar-refractivity contribution in [2.45, 2.75) is 53.0 Å². The molecule has 96 valence electrons. The highest BCUT2D eigenvalue weighted by atomic mass is 32.1. The van der Waals surface area contributed by atoms with Gasteiger partial charge in [0.05, 0.1) is 10.7 Å². The summed E-state index contributed by atoms with van der Waals surface area (Å²) >= 11 is 1.94. The van der Waals surface area contributed by atoms with Gasteiger partial charge in [-0.25, -0.2) is 4.98 Å². The number of nitrogens with zero attached hydrogens (tertiary/aromatic N) is 1. The molecule has 0 aliphatic heterocycles. The molecule has 0 radical (unpaired) electrons. The molecule has 2 nitrogen and oxygen atoms in total. The Hall–Kier alpha value is -0.410. The molecule has 1 saturated carbocycles. The highest BCUT2D eigenvalue weighted by Gasteiger charge is 2.24. The van der Waals surface area contributed by atoms with Crippen molar-refractivity contribution in [1.29, 1.82) is 0 Å². The van der Waals surface area contributed by atoms with E-state index < -0.39 is 0 Å². The van der Waals surface area contributed by atoms with Crippen LogP contribution in [0.3, 0.4) is 0 Å². The lowest BCUT2D eigenvalue weighted by Crippen LogP contribution is -2.12. The van der Waals surface area contributed by atoms with E-state index in [9.17, 15) is 0 Å². The average molecular weight is 252 g/mol. The smallest absolute Gasteiger partial charge is 0.0934 e. The zero-order valence-corrected chi connectivity index (χ0v) is 12.1. The van der Waals surface area contributed by atoms with Crippen LogP contribution in [-0.4, -0.2) is 11.5 Å². The lowest BCUT2D eigenvalue weighted by molar-refractivity contribution is 0.625. The van der Waals surface area contributed by atoms with Crippen molar-refractivity contribution in [2.24, 2.45) is 11.8 Å². The molecule has 0 aromatic carbocycles. The predicted octanol–water partition coefficient (Wildman–Crippen LogP) is 3.40. The maximum absolute atomic E-state index is 4.86. The number of aromatic nitrogens is 1.